The Morgan fingerprint density at radius 1 is 0.978 bits per heavy atom. The van der Waals surface area contributed by atoms with E-state index in [1.54, 1.807) is 0 Å². The Morgan fingerprint density at radius 3 is 2.49 bits per heavy atom. The van der Waals surface area contributed by atoms with Crippen molar-refractivity contribution in [3.63, 3.8) is 0 Å². The number of hydrogen-bond donors (Lipinski definition) is 2. The molecule has 6 rings (SSSR count). The van der Waals surface area contributed by atoms with Crippen molar-refractivity contribution >= 4 is 17.1 Å². The van der Waals surface area contributed by atoms with Crippen LogP contribution in [0.5, 0.6) is 0 Å². The second kappa shape index (κ2) is 13.9. The molecule has 230 valence electrons. The summed E-state index contributed by atoms with van der Waals surface area (Å²) < 4.78 is 20.6. The summed E-state index contributed by atoms with van der Waals surface area (Å²) in [7, 11) is 0. The molecule has 1 aromatic heterocycles. The second-order valence-corrected chi connectivity index (χ2v) is 11.2. The topological polar surface area (TPSA) is 94.8 Å². The molecule has 8 heteroatoms. The van der Waals surface area contributed by atoms with E-state index >= 15 is 0 Å². The highest BCUT2D eigenvalue weighted by Crippen LogP contribution is 2.42. The first-order valence-electron chi connectivity index (χ1n) is 15.1. The number of hydrogen-bond acceptors (Lipinski definition) is 6. The Labute approximate surface area is 262 Å². The molecule has 4 aromatic carbocycles. The van der Waals surface area contributed by atoms with Gasteiger partial charge in [-0.2, -0.15) is 0 Å². The molecule has 4 atom stereocenters. The summed E-state index contributed by atoms with van der Waals surface area (Å²) in [6, 6.07) is 32.2. The molecule has 2 heterocycles. The Bertz CT molecular complexity index is 1750. The Hall–Kier alpha value is -4.76. The van der Waals surface area contributed by atoms with Crippen LogP contribution in [0.3, 0.4) is 0 Å². The second-order valence-electron chi connectivity index (χ2n) is 11.2. The zero-order valence-electron chi connectivity index (χ0n) is 25.2. The summed E-state index contributed by atoms with van der Waals surface area (Å²) in [6.07, 6.45) is 1.96. The molecule has 0 bridgehead atoms. The van der Waals surface area contributed by atoms with E-state index in [2.05, 4.69) is 46.6 Å². The lowest BCUT2D eigenvalue weighted by molar-refractivity contribution is -0.276. The minimum Gasteiger partial charge on any atom is -0.445 e. The molecule has 0 saturated carbocycles. The van der Waals surface area contributed by atoms with Crippen LogP contribution < -0.4 is 5.32 Å². The third kappa shape index (κ3) is 6.83. The third-order valence-electron chi connectivity index (χ3n) is 8.29. The van der Waals surface area contributed by atoms with Crippen LogP contribution in [0.15, 0.2) is 116 Å². The monoisotopic (exact) mass is 603 g/mol. The maximum absolute atomic E-state index is 12.0. The minimum atomic E-state index is -0.589. The average Bonchev–Trinajstić information content (AvgIpc) is 3.50. The molecular weight excluding hydrogens is 566 g/mol. The number of imidazole rings is 1. The van der Waals surface area contributed by atoms with Crippen molar-refractivity contribution in [3.8, 4) is 11.1 Å². The molecule has 0 aliphatic carbocycles. The number of fused-ring (bicyclic) bond motifs is 1. The third-order valence-corrected chi connectivity index (χ3v) is 8.29. The highest BCUT2D eigenvalue weighted by atomic mass is 16.7. The number of ether oxygens (including phenoxy) is 3. The largest absolute Gasteiger partial charge is 0.445 e. The lowest BCUT2D eigenvalue weighted by atomic mass is 9.90. The number of nitrogens with one attached hydrogen (secondary N) is 1. The molecule has 1 saturated heterocycles. The summed E-state index contributed by atoms with van der Waals surface area (Å²) in [5.41, 5.74) is 7.81. The van der Waals surface area contributed by atoms with Gasteiger partial charge in [0.1, 0.15) is 6.61 Å². The predicted octanol–water partition coefficient (Wildman–Crippen LogP) is 7.10. The quantitative estimate of drug-likeness (QED) is 0.165. The molecule has 0 radical (unpaired) electrons. The van der Waals surface area contributed by atoms with Crippen molar-refractivity contribution in [2.24, 2.45) is 5.92 Å². The SMILES string of the molecule is C=CCOC(=O)NCc1ccccc1-c1ccc([C@@H]2O[C@H](Cn3cnc4ccccc43)[C@H](C)[C@H](c3ccc(CO)cc3)O2)cc1. The summed E-state index contributed by atoms with van der Waals surface area (Å²) in [5, 5.41) is 12.4. The Morgan fingerprint density at radius 2 is 1.71 bits per heavy atom. The maximum Gasteiger partial charge on any atom is 0.407 e. The highest BCUT2D eigenvalue weighted by Gasteiger charge is 2.38. The smallest absolute Gasteiger partial charge is 0.407 e. The number of rotatable bonds is 10. The number of para-hydroxylation sites is 2. The fourth-order valence-corrected chi connectivity index (χ4v) is 5.81. The number of aromatic nitrogens is 2. The molecular formula is C37H37N3O5. The standard InChI is InChI=1S/C37H37N3O5/c1-3-20-43-37(42)38-21-30-8-4-5-9-31(30)27-16-18-29(19-17-27)36-44-34(22-40-24-39-32-10-6-7-11-33(32)40)25(2)35(45-36)28-14-12-26(23-41)13-15-28/h3-19,24-25,34-36,41H,1,20-23H2,2H3,(H,38,42)/t25-,34+,35+,36+/m0/s1. The summed E-state index contributed by atoms with van der Waals surface area (Å²) >= 11 is 0. The molecule has 1 amide bonds. The van der Waals surface area contributed by atoms with E-state index in [1.807, 2.05) is 85.2 Å². The molecule has 2 N–H and O–H groups in total. The first-order chi connectivity index (χ1) is 22.0. The molecule has 1 aliphatic rings. The van der Waals surface area contributed by atoms with Gasteiger partial charge in [0.05, 0.1) is 42.7 Å². The van der Waals surface area contributed by atoms with Gasteiger partial charge in [0.15, 0.2) is 6.29 Å². The van der Waals surface area contributed by atoms with Crippen molar-refractivity contribution in [3.05, 3.63) is 138 Å². The van der Waals surface area contributed by atoms with Crippen LogP contribution >= 0.6 is 0 Å². The van der Waals surface area contributed by atoms with Gasteiger partial charge in [0.25, 0.3) is 0 Å². The maximum atomic E-state index is 12.0. The van der Waals surface area contributed by atoms with Gasteiger partial charge in [-0.1, -0.05) is 105 Å². The molecule has 45 heavy (non-hydrogen) atoms. The number of benzene rings is 4. The van der Waals surface area contributed by atoms with E-state index in [0.717, 1.165) is 44.4 Å². The normalized spacial score (nSPS) is 19.7. The van der Waals surface area contributed by atoms with E-state index < -0.39 is 12.4 Å². The van der Waals surface area contributed by atoms with Crippen molar-refractivity contribution in [2.45, 2.75) is 45.1 Å². The number of carbonyl (C=O) groups excluding carboxylic acids is 1. The van der Waals surface area contributed by atoms with E-state index in [1.165, 1.54) is 6.08 Å². The zero-order valence-corrected chi connectivity index (χ0v) is 25.2. The van der Waals surface area contributed by atoms with Gasteiger partial charge in [-0.05, 0) is 39.9 Å². The fourth-order valence-electron chi connectivity index (χ4n) is 5.81. The Kier molecular flexibility index (Phi) is 9.35. The lowest BCUT2D eigenvalue weighted by Gasteiger charge is -2.41. The predicted molar refractivity (Wildman–Crippen MR) is 173 cm³/mol. The number of carbonyl (C=O) groups is 1. The summed E-state index contributed by atoms with van der Waals surface area (Å²) in [5.74, 6) is 0.0409. The van der Waals surface area contributed by atoms with Gasteiger partial charge in [-0.15, -0.1) is 0 Å². The van der Waals surface area contributed by atoms with Crippen molar-refractivity contribution < 1.29 is 24.1 Å². The van der Waals surface area contributed by atoms with Crippen LogP contribution in [0.2, 0.25) is 0 Å². The van der Waals surface area contributed by atoms with Crippen molar-refractivity contribution in [1.82, 2.24) is 14.9 Å². The van der Waals surface area contributed by atoms with E-state index in [4.69, 9.17) is 14.2 Å². The van der Waals surface area contributed by atoms with Gasteiger partial charge in [0.2, 0.25) is 0 Å². The average molecular weight is 604 g/mol. The van der Waals surface area contributed by atoms with E-state index in [0.29, 0.717) is 13.1 Å². The van der Waals surface area contributed by atoms with E-state index in [9.17, 15) is 9.90 Å². The number of aliphatic hydroxyl groups is 1. The number of aliphatic hydroxyl groups excluding tert-OH is 1. The zero-order chi connectivity index (χ0) is 31.2. The van der Waals surface area contributed by atoms with Crippen LogP contribution in [0.4, 0.5) is 4.79 Å². The van der Waals surface area contributed by atoms with Crippen LogP contribution in [-0.2, 0) is 33.9 Å². The highest BCUT2D eigenvalue weighted by molar-refractivity contribution is 5.75. The van der Waals surface area contributed by atoms with Crippen LogP contribution in [-0.4, -0.2) is 33.5 Å². The molecule has 0 spiro atoms. The number of amides is 1. The first-order valence-corrected chi connectivity index (χ1v) is 15.1. The van der Waals surface area contributed by atoms with Crippen molar-refractivity contribution in [1.29, 1.82) is 0 Å². The first kappa shape index (κ1) is 30.3. The van der Waals surface area contributed by atoms with Gasteiger partial charge in [-0.25, -0.2) is 9.78 Å². The van der Waals surface area contributed by atoms with Gasteiger partial charge in [-0.3, -0.25) is 0 Å². The molecule has 1 fully saturated rings. The van der Waals surface area contributed by atoms with Gasteiger partial charge >= 0.3 is 6.09 Å². The molecule has 0 unspecified atom stereocenters. The number of nitrogens with zero attached hydrogens (tertiary/aromatic N) is 2. The van der Waals surface area contributed by atoms with Gasteiger partial charge in [0, 0.05) is 18.0 Å². The molecule has 5 aromatic rings. The molecule has 1 aliphatic heterocycles. The minimum absolute atomic E-state index is 0.00560. The van der Waals surface area contributed by atoms with Crippen LogP contribution in [0.25, 0.3) is 22.2 Å². The lowest BCUT2D eigenvalue weighted by Crippen LogP contribution is -2.39. The van der Waals surface area contributed by atoms with Gasteiger partial charge < -0.3 is 29.2 Å². The molecule has 8 nitrogen and oxygen atoms in total. The number of alkyl carbamates (subject to hydrolysis) is 1. The summed E-state index contributed by atoms with van der Waals surface area (Å²) in [4.78, 5) is 16.6. The fraction of sp³-hybridized carbons (Fsp3) is 0.243. The van der Waals surface area contributed by atoms with Crippen LogP contribution in [0.1, 0.15) is 41.6 Å². The van der Waals surface area contributed by atoms with E-state index in [-0.39, 0.29) is 31.3 Å². The van der Waals surface area contributed by atoms with Crippen LogP contribution in [0, 0.1) is 5.92 Å². The Balaban J connectivity index is 1.25. The summed E-state index contributed by atoms with van der Waals surface area (Å²) in [6.45, 7) is 6.85. The van der Waals surface area contributed by atoms with Crippen molar-refractivity contribution in [2.75, 3.05) is 6.61 Å².